The van der Waals surface area contributed by atoms with Crippen LogP contribution >= 0.6 is 0 Å². The average Bonchev–Trinajstić information content (AvgIpc) is 3.43. The zero-order valence-corrected chi connectivity index (χ0v) is 13.8. The summed E-state index contributed by atoms with van der Waals surface area (Å²) in [5.41, 5.74) is 3.60. The van der Waals surface area contributed by atoms with Crippen LogP contribution in [0.4, 0.5) is 0 Å². The van der Waals surface area contributed by atoms with Gasteiger partial charge in [-0.05, 0) is 42.2 Å². The van der Waals surface area contributed by atoms with Crippen molar-refractivity contribution in [3.05, 3.63) is 54.1 Å². The summed E-state index contributed by atoms with van der Waals surface area (Å²) in [5.74, 6) is 0.892. The second-order valence-corrected chi connectivity index (χ2v) is 6.02. The lowest BCUT2D eigenvalue weighted by atomic mass is 10.0. The summed E-state index contributed by atoms with van der Waals surface area (Å²) in [6, 6.07) is 16.8. The third-order valence-electron chi connectivity index (χ3n) is 4.09. The molecule has 0 saturated carbocycles. The van der Waals surface area contributed by atoms with Crippen LogP contribution in [0.1, 0.15) is 25.8 Å². The van der Waals surface area contributed by atoms with E-state index in [9.17, 15) is 0 Å². The summed E-state index contributed by atoms with van der Waals surface area (Å²) in [6.07, 6.45) is 1.64. The number of hydrogen-bond donors (Lipinski definition) is 0. The second-order valence-electron chi connectivity index (χ2n) is 6.02. The van der Waals surface area contributed by atoms with Gasteiger partial charge in [-0.15, -0.1) is 0 Å². The van der Waals surface area contributed by atoms with Crippen molar-refractivity contribution in [2.45, 2.75) is 39.1 Å². The minimum atomic E-state index is 0.292. The van der Waals surface area contributed by atoms with Crippen LogP contribution in [0, 0.1) is 0 Å². The molecule has 3 rings (SSSR count). The predicted molar refractivity (Wildman–Crippen MR) is 91.7 cm³/mol. The maximum atomic E-state index is 5.76. The maximum Gasteiger partial charge on any atom is 0.119 e. The van der Waals surface area contributed by atoms with Crippen molar-refractivity contribution in [2.75, 3.05) is 13.2 Å². The summed E-state index contributed by atoms with van der Waals surface area (Å²) < 4.78 is 16.6. The number of hydrogen-bond acceptors (Lipinski definition) is 3. The Labute approximate surface area is 138 Å². The Kier molecular flexibility index (Phi) is 5.31. The van der Waals surface area contributed by atoms with Crippen LogP contribution in [-0.4, -0.2) is 25.4 Å². The Morgan fingerprint density at radius 1 is 1.04 bits per heavy atom. The van der Waals surface area contributed by atoms with Gasteiger partial charge in [0, 0.05) is 0 Å². The third-order valence-corrected chi connectivity index (χ3v) is 4.09. The van der Waals surface area contributed by atoms with Crippen molar-refractivity contribution in [1.29, 1.82) is 0 Å². The number of benzene rings is 2. The lowest BCUT2D eigenvalue weighted by Gasteiger charge is -2.11. The van der Waals surface area contributed by atoms with Crippen molar-refractivity contribution in [3.8, 4) is 16.9 Å². The van der Waals surface area contributed by atoms with Crippen molar-refractivity contribution in [3.63, 3.8) is 0 Å². The van der Waals surface area contributed by atoms with E-state index in [1.807, 2.05) is 12.1 Å². The maximum absolute atomic E-state index is 5.76. The molecule has 1 heterocycles. The van der Waals surface area contributed by atoms with Crippen LogP contribution in [0.25, 0.3) is 11.1 Å². The molecule has 0 amide bonds. The van der Waals surface area contributed by atoms with E-state index in [0.29, 0.717) is 25.4 Å². The van der Waals surface area contributed by atoms with Crippen LogP contribution in [0.2, 0.25) is 0 Å². The highest BCUT2D eigenvalue weighted by Crippen LogP contribution is 2.24. The van der Waals surface area contributed by atoms with Gasteiger partial charge >= 0.3 is 0 Å². The van der Waals surface area contributed by atoms with Gasteiger partial charge in [-0.25, -0.2) is 0 Å². The highest BCUT2D eigenvalue weighted by atomic mass is 16.6. The molecule has 1 aliphatic heterocycles. The molecule has 122 valence electrons. The summed E-state index contributed by atoms with van der Waals surface area (Å²) in [6.45, 7) is 6.38. The molecule has 1 aliphatic rings. The molecule has 1 saturated heterocycles. The van der Waals surface area contributed by atoms with Crippen molar-refractivity contribution < 1.29 is 14.2 Å². The Balaban J connectivity index is 1.57. The first kappa shape index (κ1) is 16.0. The molecule has 2 aromatic rings. The molecular formula is C20H24O3. The first-order chi connectivity index (χ1) is 11.2. The van der Waals surface area contributed by atoms with Crippen molar-refractivity contribution in [1.82, 2.24) is 0 Å². The molecule has 3 heteroatoms. The lowest BCUT2D eigenvalue weighted by Crippen LogP contribution is -2.05. The Bertz CT molecular complexity index is 600. The molecule has 1 fully saturated rings. The monoisotopic (exact) mass is 312 g/mol. The fraction of sp³-hybridized carbons (Fsp3) is 0.400. The molecule has 23 heavy (non-hydrogen) atoms. The average molecular weight is 312 g/mol. The molecule has 0 aromatic heterocycles. The Hall–Kier alpha value is -1.84. The zero-order chi connectivity index (χ0) is 16.1. The molecule has 0 aliphatic carbocycles. The van der Waals surface area contributed by atoms with E-state index < -0.39 is 0 Å². The highest BCUT2D eigenvalue weighted by molar-refractivity contribution is 5.64. The lowest BCUT2D eigenvalue weighted by molar-refractivity contribution is 0.0508. The first-order valence-corrected chi connectivity index (χ1v) is 8.30. The zero-order valence-electron chi connectivity index (χ0n) is 13.8. The number of rotatable bonds is 8. The van der Waals surface area contributed by atoms with Gasteiger partial charge in [-0.1, -0.05) is 43.3 Å². The Morgan fingerprint density at radius 2 is 1.65 bits per heavy atom. The Morgan fingerprint density at radius 3 is 2.22 bits per heavy atom. The number of ether oxygens (including phenoxy) is 3. The molecule has 0 bridgehead atoms. The molecule has 2 unspecified atom stereocenters. The van der Waals surface area contributed by atoms with Gasteiger partial charge in [0.1, 0.15) is 18.5 Å². The third kappa shape index (κ3) is 4.81. The predicted octanol–water partition coefficient (Wildman–Crippen LogP) is 4.45. The smallest absolute Gasteiger partial charge is 0.119 e. The highest BCUT2D eigenvalue weighted by Gasteiger charge is 2.22. The quantitative estimate of drug-likeness (QED) is 0.675. The van der Waals surface area contributed by atoms with Crippen molar-refractivity contribution >= 4 is 0 Å². The topological polar surface area (TPSA) is 31.0 Å². The van der Waals surface area contributed by atoms with Gasteiger partial charge in [-0.2, -0.15) is 0 Å². The standard InChI is InChI=1S/C20H24O3/c1-3-15(2)21-12-16-4-6-17(7-5-16)18-8-10-19(11-9-18)22-13-20-14-23-20/h4-11,15,20H,3,12-14H2,1-2H3. The van der Waals surface area contributed by atoms with Crippen molar-refractivity contribution in [2.24, 2.45) is 0 Å². The van der Waals surface area contributed by atoms with Crippen LogP contribution in [-0.2, 0) is 16.1 Å². The van der Waals surface area contributed by atoms with Crippen LogP contribution in [0.15, 0.2) is 48.5 Å². The van der Waals surface area contributed by atoms with E-state index >= 15 is 0 Å². The molecule has 3 nitrogen and oxygen atoms in total. The van der Waals surface area contributed by atoms with Gasteiger partial charge < -0.3 is 14.2 Å². The SMILES string of the molecule is CCC(C)OCc1ccc(-c2ccc(OCC3CO3)cc2)cc1. The van der Waals surface area contributed by atoms with E-state index in [2.05, 4.69) is 50.2 Å². The molecule has 2 aromatic carbocycles. The van der Waals surface area contributed by atoms with Gasteiger partial charge in [0.2, 0.25) is 0 Å². The van der Waals surface area contributed by atoms with Crippen LogP contribution < -0.4 is 4.74 Å². The molecule has 0 spiro atoms. The summed E-state index contributed by atoms with van der Waals surface area (Å²) in [4.78, 5) is 0. The largest absolute Gasteiger partial charge is 0.491 e. The fourth-order valence-electron chi connectivity index (χ4n) is 2.25. The molecule has 2 atom stereocenters. The molecule has 0 N–H and O–H groups in total. The van der Waals surface area contributed by atoms with Gasteiger partial charge in [-0.3, -0.25) is 0 Å². The fourth-order valence-corrected chi connectivity index (χ4v) is 2.25. The number of epoxide rings is 1. The van der Waals surface area contributed by atoms with Crippen LogP contribution in [0.5, 0.6) is 5.75 Å². The van der Waals surface area contributed by atoms with E-state index in [0.717, 1.165) is 18.8 Å². The normalized spacial score (nSPS) is 17.7. The van der Waals surface area contributed by atoms with Gasteiger partial charge in [0.25, 0.3) is 0 Å². The van der Waals surface area contributed by atoms with E-state index in [1.165, 1.54) is 16.7 Å². The molecular weight excluding hydrogens is 288 g/mol. The van der Waals surface area contributed by atoms with Crippen LogP contribution in [0.3, 0.4) is 0 Å². The molecule has 0 radical (unpaired) electrons. The summed E-state index contributed by atoms with van der Waals surface area (Å²) >= 11 is 0. The van der Waals surface area contributed by atoms with Gasteiger partial charge in [0.05, 0.1) is 19.3 Å². The van der Waals surface area contributed by atoms with E-state index in [-0.39, 0.29) is 0 Å². The van der Waals surface area contributed by atoms with Gasteiger partial charge in [0.15, 0.2) is 0 Å². The minimum absolute atomic E-state index is 0.292. The van der Waals surface area contributed by atoms with E-state index in [1.54, 1.807) is 0 Å². The summed E-state index contributed by atoms with van der Waals surface area (Å²) in [7, 11) is 0. The van der Waals surface area contributed by atoms with E-state index in [4.69, 9.17) is 14.2 Å². The first-order valence-electron chi connectivity index (χ1n) is 8.30. The second kappa shape index (κ2) is 7.62. The summed E-state index contributed by atoms with van der Waals surface area (Å²) in [5, 5.41) is 0. The minimum Gasteiger partial charge on any atom is -0.491 e.